The van der Waals surface area contributed by atoms with Crippen molar-refractivity contribution in [2.24, 2.45) is 5.92 Å². The normalized spacial score (nSPS) is 29.1. The fraction of sp³-hybridized carbons (Fsp3) is 0.846. The van der Waals surface area contributed by atoms with E-state index in [4.69, 9.17) is 0 Å². The number of hydrogen-bond acceptors (Lipinski definition) is 4. The molecule has 0 aromatic heterocycles. The third kappa shape index (κ3) is 3.99. The molecule has 4 nitrogen and oxygen atoms in total. The summed E-state index contributed by atoms with van der Waals surface area (Å²) in [6.07, 6.45) is 3.97. The summed E-state index contributed by atoms with van der Waals surface area (Å²) in [7, 11) is 0. The van der Waals surface area contributed by atoms with E-state index in [1.165, 1.54) is 6.92 Å². The largest absolute Gasteiger partial charge is 0.390 e. The first-order valence-electron chi connectivity index (χ1n) is 6.64. The number of thiol groups is 1. The summed E-state index contributed by atoms with van der Waals surface area (Å²) in [5.41, 5.74) is 0. The number of nitrogens with one attached hydrogen (secondary N) is 1. The van der Waals surface area contributed by atoms with Crippen LogP contribution in [0, 0.1) is 5.92 Å². The first-order valence-corrected chi connectivity index (χ1v) is 7.16. The van der Waals surface area contributed by atoms with E-state index in [1.807, 2.05) is 0 Å². The first kappa shape index (κ1) is 15.5. The summed E-state index contributed by atoms with van der Waals surface area (Å²) in [4.78, 5) is 22.8. The van der Waals surface area contributed by atoms with Crippen molar-refractivity contribution in [1.82, 2.24) is 5.32 Å². The molecule has 0 spiro atoms. The molecule has 0 bridgehead atoms. The quantitative estimate of drug-likeness (QED) is 0.484. The van der Waals surface area contributed by atoms with Crippen molar-refractivity contribution >= 4 is 24.3 Å². The van der Waals surface area contributed by atoms with Gasteiger partial charge in [0.15, 0.2) is 0 Å². The van der Waals surface area contributed by atoms with Gasteiger partial charge in [0.2, 0.25) is 5.91 Å². The third-order valence-electron chi connectivity index (χ3n) is 3.50. The summed E-state index contributed by atoms with van der Waals surface area (Å²) in [5.74, 6) is -1.50. The zero-order valence-electron chi connectivity index (χ0n) is 11.1. The first-order chi connectivity index (χ1) is 8.47. The maximum absolute atomic E-state index is 11.5. The van der Waals surface area contributed by atoms with Gasteiger partial charge in [-0.25, -0.2) is 0 Å². The Labute approximate surface area is 114 Å². The maximum atomic E-state index is 11.5. The molecule has 1 fully saturated rings. The number of aliphatic hydroxyl groups is 1. The lowest BCUT2D eigenvalue weighted by molar-refractivity contribution is -0.132. The van der Waals surface area contributed by atoms with E-state index >= 15 is 0 Å². The lowest BCUT2D eigenvalue weighted by atomic mass is 9.94. The van der Waals surface area contributed by atoms with E-state index in [1.54, 1.807) is 0 Å². The third-order valence-corrected chi connectivity index (χ3v) is 4.02. The van der Waals surface area contributed by atoms with Crippen LogP contribution in [0.15, 0.2) is 0 Å². The minimum atomic E-state index is -0.887. The lowest BCUT2D eigenvalue weighted by Crippen LogP contribution is -2.33. The summed E-state index contributed by atoms with van der Waals surface area (Å²) < 4.78 is 0. The Morgan fingerprint density at radius 3 is 2.67 bits per heavy atom. The van der Waals surface area contributed by atoms with Crippen molar-refractivity contribution in [2.75, 3.05) is 0 Å². The molecule has 0 saturated carbocycles. The molecule has 0 aliphatic carbocycles. The highest BCUT2D eigenvalue weighted by molar-refractivity contribution is 7.80. The van der Waals surface area contributed by atoms with Crippen LogP contribution in [0.3, 0.4) is 0 Å². The van der Waals surface area contributed by atoms with E-state index in [2.05, 4.69) is 24.9 Å². The van der Waals surface area contributed by atoms with Gasteiger partial charge >= 0.3 is 0 Å². The Balaban J connectivity index is 2.40. The molecule has 2 N–H and O–H groups in total. The molecule has 1 heterocycles. The molecule has 0 aromatic carbocycles. The predicted molar refractivity (Wildman–Crippen MR) is 73.6 cm³/mol. The summed E-state index contributed by atoms with van der Waals surface area (Å²) in [5, 5.41) is 12.9. The van der Waals surface area contributed by atoms with Crippen molar-refractivity contribution in [3.05, 3.63) is 0 Å². The second kappa shape index (κ2) is 7.14. The van der Waals surface area contributed by atoms with Crippen LogP contribution < -0.4 is 5.32 Å². The minimum absolute atomic E-state index is 0.268. The van der Waals surface area contributed by atoms with Gasteiger partial charge in [-0.3, -0.25) is 9.59 Å². The van der Waals surface area contributed by atoms with Gasteiger partial charge in [0.05, 0.1) is 12.1 Å². The van der Waals surface area contributed by atoms with Crippen LogP contribution >= 0.6 is 12.6 Å². The number of amides is 1. The lowest BCUT2D eigenvalue weighted by Gasteiger charge is -2.18. The molecule has 1 saturated heterocycles. The van der Waals surface area contributed by atoms with Crippen LogP contribution in [0.25, 0.3) is 0 Å². The maximum Gasteiger partial charge on any atom is 0.233 e. The van der Waals surface area contributed by atoms with Crippen molar-refractivity contribution < 1.29 is 14.7 Å². The molecule has 1 aliphatic rings. The fourth-order valence-electron chi connectivity index (χ4n) is 2.37. The number of aliphatic hydroxyl groups excluding tert-OH is 1. The predicted octanol–water partition coefficient (Wildman–Crippen LogP) is 1.32. The van der Waals surface area contributed by atoms with Crippen LogP contribution in [0.2, 0.25) is 0 Å². The molecule has 0 radical (unpaired) electrons. The summed E-state index contributed by atoms with van der Waals surface area (Å²) >= 11 is 4.49. The highest BCUT2D eigenvalue weighted by atomic mass is 32.1. The Bertz CT molecular complexity index is 309. The van der Waals surface area contributed by atoms with Crippen LogP contribution in [0.1, 0.15) is 46.0 Å². The SMILES string of the molecule is CCCCC(S)CCC1NC(=O)C(C(C)=O)C1O. The Morgan fingerprint density at radius 1 is 1.50 bits per heavy atom. The molecular formula is C13H23NO3S. The fourth-order valence-corrected chi connectivity index (χ4v) is 2.70. The molecule has 18 heavy (non-hydrogen) atoms. The van der Waals surface area contributed by atoms with Gasteiger partial charge in [0, 0.05) is 5.25 Å². The number of ketones is 1. The summed E-state index contributed by atoms with van der Waals surface area (Å²) in [6, 6.07) is -0.303. The molecule has 1 amide bonds. The Hall–Kier alpha value is -0.550. The summed E-state index contributed by atoms with van der Waals surface area (Å²) in [6.45, 7) is 3.48. The molecule has 1 aliphatic heterocycles. The van der Waals surface area contributed by atoms with Crippen LogP contribution in [-0.2, 0) is 9.59 Å². The van der Waals surface area contributed by atoms with Gasteiger partial charge in [-0.2, -0.15) is 12.6 Å². The zero-order valence-corrected chi connectivity index (χ0v) is 12.0. The van der Waals surface area contributed by atoms with Gasteiger partial charge in [0.25, 0.3) is 0 Å². The van der Waals surface area contributed by atoms with Gasteiger partial charge in [-0.1, -0.05) is 19.8 Å². The van der Waals surface area contributed by atoms with Crippen molar-refractivity contribution in [1.29, 1.82) is 0 Å². The van der Waals surface area contributed by atoms with Crippen LogP contribution in [0.5, 0.6) is 0 Å². The average Bonchev–Trinajstić information content (AvgIpc) is 2.58. The van der Waals surface area contributed by atoms with Gasteiger partial charge in [-0.05, 0) is 26.2 Å². The van der Waals surface area contributed by atoms with Crippen molar-refractivity contribution in [3.63, 3.8) is 0 Å². The van der Waals surface area contributed by atoms with E-state index < -0.39 is 12.0 Å². The van der Waals surface area contributed by atoms with Gasteiger partial charge in [-0.15, -0.1) is 0 Å². The van der Waals surface area contributed by atoms with Crippen LogP contribution in [-0.4, -0.2) is 34.2 Å². The minimum Gasteiger partial charge on any atom is -0.390 e. The van der Waals surface area contributed by atoms with E-state index in [9.17, 15) is 14.7 Å². The Kier molecular flexibility index (Phi) is 6.15. The number of rotatable bonds is 7. The number of carbonyl (C=O) groups excluding carboxylic acids is 2. The monoisotopic (exact) mass is 273 g/mol. The number of Topliss-reactive ketones (excluding diaryl/α,β-unsaturated/α-hetero) is 1. The molecule has 4 unspecified atom stereocenters. The topological polar surface area (TPSA) is 66.4 Å². The standard InChI is InChI=1S/C13H23NO3S/c1-3-4-5-9(18)6-7-10-12(16)11(8(2)15)13(17)14-10/h9-12,16,18H,3-7H2,1-2H3,(H,14,17). The van der Waals surface area contributed by atoms with Crippen molar-refractivity contribution in [2.45, 2.75) is 63.3 Å². The number of carbonyl (C=O) groups is 2. The van der Waals surface area contributed by atoms with Gasteiger partial charge < -0.3 is 10.4 Å². The van der Waals surface area contributed by atoms with Gasteiger partial charge in [0.1, 0.15) is 11.7 Å². The number of unbranched alkanes of at least 4 members (excludes halogenated alkanes) is 1. The molecule has 104 valence electrons. The van der Waals surface area contributed by atoms with E-state index in [0.717, 1.165) is 25.7 Å². The second-order valence-corrected chi connectivity index (χ2v) is 5.80. The smallest absolute Gasteiger partial charge is 0.233 e. The van der Waals surface area contributed by atoms with E-state index in [-0.39, 0.29) is 17.7 Å². The highest BCUT2D eigenvalue weighted by Crippen LogP contribution is 2.23. The van der Waals surface area contributed by atoms with Crippen molar-refractivity contribution in [3.8, 4) is 0 Å². The Morgan fingerprint density at radius 2 is 2.17 bits per heavy atom. The average molecular weight is 273 g/mol. The molecular weight excluding hydrogens is 250 g/mol. The molecule has 1 rings (SSSR count). The highest BCUT2D eigenvalue weighted by Gasteiger charge is 2.43. The molecule has 4 atom stereocenters. The van der Waals surface area contributed by atoms with Crippen LogP contribution in [0.4, 0.5) is 0 Å². The molecule has 0 aromatic rings. The molecule has 5 heteroatoms. The second-order valence-electron chi connectivity index (χ2n) is 5.07. The number of hydrogen-bond donors (Lipinski definition) is 3. The zero-order chi connectivity index (χ0) is 13.7. The van der Waals surface area contributed by atoms with E-state index in [0.29, 0.717) is 11.7 Å².